The molecule has 0 aliphatic rings. The van der Waals surface area contributed by atoms with Crippen LogP contribution in [0.15, 0.2) is 60.8 Å². The van der Waals surface area contributed by atoms with Crippen LogP contribution in [-0.4, -0.2) is 37.2 Å². The predicted octanol–water partition coefficient (Wildman–Crippen LogP) is 22.3. The fourth-order valence-corrected chi connectivity index (χ4v) is 9.61. The quantitative estimate of drug-likeness (QED) is 0.0261. The third kappa shape index (κ3) is 61.8. The van der Waals surface area contributed by atoms with Gasteiger partial charge in [-0.1, -0.05) is 300 Å². The van der Waals surface area contributed by atoms with Gasteiger partial charge in [0.05, 0.1) is 0 Å². The normalized spacial score (nSPS) is 12.4. The summed E-state index contributed by atoms with van der Waals surface area (Å²) in [6, 6.07) is 0. The maximum Gasteiger partial charge on any atom is 0.306 e. The molecule has 0 rings (SSSR count). The Morgan fingerprint density at radius 3 is 0.827 bits per heavy atom. The van der Waals surface area contributed by atoms with E-state index in [2.05, 4.69) is 81.5 Å². The Balaban J connectivity index is 4.08. The molecule has 0 bridgehead atoms. The Labute approximate surface area is 466 Å². The molecular weight excluding hydrogens is 925 g/mol. The first-order valence-corrected chi connectivity index (χ1v) is 32.8. The van der Waals surface area contributed by atoms with Crippen LogP contribution in [0.5, 0.6) is 0 Å². The lowest BCUT2D eigenvalue weighted by molar-refractivity contribution is -0.167. The predicted molar refractivity (Wildman–Crippen MR) is 325 cm³/mol. The maximum absolute atomic E-state index is 12.9. The number of esters is 3. The molecule has 436 valence electrons. The number of carbonyl (C=O) groups excluding carboxylic acids is 3. The molecule has 0 fully saturated rings. The van der Waals surface area contributed by atoms with Crippen molar-refractivity contribution in [2.75, 3.05) is 13.2 Å². The molecule has 75 heavy (non-hydrogen) atoms. The molecule has 0 heterocycles. The number of ether oxygens (including phenoxy) is 3. The first kappa shape index (κ1) is 72.1. The van der Waals surface area contributed by atoms with Crippen LogP contribution in [0, 0.1) is 0 Å². The van der Waals surface area contributed by atoms with Gasteiger partial charge in [-0.15, -0.1) is 0 Å². The lowest BCUT2D eigenvalue weighted by atomic mass is 10.0. The molecule has 0 N–H and O–H groups in total. The van der Waals surface area contributed by atoms with E-state index in [0.717, 1.165) is 83.5 Å². The van der Waals surface area contributed by atoms with E-state index in [1.54, 1.807) is 0 Å². The summed E-state index contributed by atoms with van der Waals surface area (Å²) in [4.78, 5) is 38.2. The third-order valence-corrected chi connectivity index (χ3v) is 14.5. The number of carbonyl (C=O) groups is 3. The summed E-state index contributed by atoms with van der Waals surface area (Å²) >= 11 is 0. The van der Waals surface area contributed by atoms with Crippen LogP contribution in [0.2, 0.25) is 0 Å². The van der Waals surface area contributed by atoms with Crippen LogP contribution in [-0.2, 0) is 28.6 Å². The second kappa shape index (κ2) is 63.6. The summed E-state index contributed by atoms with van der Waals surface area (Å²) < 4.78 is 16.9. The number of hydrogen-bond acceptors (Lipinski definition) is 6. The van der Waals surface area contributed by atoms with Crippen LogP contribution in [0.4, 0.5) is 0 Å². The Kier molecular flexibility index (Phi) is 61.2. The van der Waals surface area contributed by atoms with Gasteiger partial charge in [-0.05, 0) is 83.5 Å². The van der Waals surface area contributed by atoms with Gasteiger partial charge in [-0.2, -0.15) is 0 Å². The minimum Gasteiger partial charge on any atom is -0.462 e. The van der Waals surface area contributed by atoms with Crippen molar-refractivity contribution in [3.8, 4) is 0 Å². The van der Waals surface area contributed by atoms with E-state index >= 15 is 0 Å². The first-order chi connectivity index (χ1) is 37.0. The zero-order valence-electron chi connectivity index (χ0n) is 50.1. The smallest absolute Gasteiger partial charge is 0.306 e. The minimum absolute atomic E-state index is 0.0706. The SMILES string of the molecule is CC/C=C\C/C=C\C/C=C\C/C=C\CCCCCCCCCCCCCCCCCCCCC(=O)OCC(COC(=O)CCCCCCCCCCC)OC(=O)CCCCCCCCC/C=C\CCCCCCCC. The fourth-order valence-electron chi connectivity index (χ4n) is 9.61. The van der Waals surface area contributed by atoms with Gasteiger partial charge >= 0.3 is 17.9 Å². The van der Waals surface area contributed by atoms with E-state index in [-0.39, 0.29) is 31.1 Å². The van der Waals surface area contributed by atoms with Crippen molar-refractivity contribution in [2.45, 2.75) is 348 Å². The number of unbranched alkanes of at least 4 members (excludes halogenated alkanes) is 39. The van der Waals surface area contributed by atoms with Crippen molar-refractivity contribution >= 4 is 17.9 Å². The molecule has 0 saturated carbocycles. The number of hydrogen-bond donors (Lipinski definition) is 0. The van der Waals surface area contributed by atoms with Gasteiger partial charge < -0.3 is 14.2 Å². The monoisotopic (exact) mass is 1050 g/mol. The van der Waals surface area contributed by atoms with Crippen molar-refractivity contribution in [1.82, 2.24) is 0 Å². The zero-order valence-corrected chi connectivity index (χ0v) is 50.1. The van der Waals surface area contributed by atoms with Gasteiger partial charge in [0.25, 0.3) is 0 Å². The summed E-state index contributed by atoms with van der Waals surface area (Å²) in [5.74, 6) is -0.859. The van der Waals surface area contributed by atoms with E-state index in [0.29, 0.717) is 19.3 Å². The third-order valence-electron chi connectivity index (χ3n) is 14.5. The molecule has 6 nitrogen and oxygen atoms in total. The summed E-state index contributed by atoms with van der Waals surface area (Å²) in [6.07, 6.45) is 81.1. The molecule has 0 aliphatic heterocycles. The van der Waals surface area contributed by atoms with Crippen molar-refractivity contribution in [1.29, 1.82) is 0 Å². The highest BCUT2D eigenvalue weighted by Gasteiger charge is 2.19. The van der Waals surface area contributed by atoms with Gasteiger partial charge in [0.2, 0.25) is 0 Å². The average molecular weight is 1050 g/mol. The molecule has 1 unspecified atom stereocenters. The van der Waals surface area contributed by atoms with Crippen LogP contribution in [0.3, 0.4) is 0 Å². The molecule has 0 spiro atoms. The molecule has 6 heteroatoms. The largest absolute Gasteiger partial charge is 0.462 e. The van der Waals surface area contributed by atoms with Gasteiger partial charge in [0.1, 0.15) is 13.2 Å². The van der Waals surface area contributed by atoms with E-state index < -0.39 is 6.10 Å². The highest BCUT2D eigenvalue weighted by atomic mass is 16.6. The second-order valence-corrected chi connectivity index (χ2v) is 22.0. The van der Waals surface area contributed by atoms with Crippen LogP contribution in [0.1, 0.15) is 342 Å². The standard InChI is InChI=1S/C69H124O6/c1-4-7-10-13-16-19-21-23-25-27-28-29-30-31-32-33-34-35-36-37-38-39-40-42-43-45-47-50-53-56-59-62-68(71)74-65-66(64-73-67(70)61-58-55-52-49-18-15-12-9-6-3)75-69(72)63-60-57-54-51-48-46-44-41-26-24-22-20-17-14-11-8-5-2/h7,10,16,19,23-26,28-29,66H,4-6,8-9,11-15,17-18,20-22,27,30-65H2,1-3H3/b10-7-,19-16-,25-23-,26-24-,29-28-. The Morgan fingerprint density at radius 2 is 0.520 bits per heavy atom. The van der Waals surface area contributed by atoms with Crippen molar-refractivity contribution in [3.63, 3.8) is 0 Å². The molecule has 0 aliphatic carbocycles. The average Bonchev–Trinajstić information content (AvgIpc) is 3.41. The number of rotatable bonds is 60. The van der Waals surface area contributed by atoms with Crippen molar-refractivity contribution < 1.29 is 28.6 Å². The second-order valence-electron chi connectivity index (χ2n) is 22.0. The summed E-state index contributed by atoms with van der Waals surface area (Å²) in [7, 11) is 0. The highest BCUT2D eigenvalue weighted by molar-refractivity contribution is 5.71. The lowest BCUT2D eigenvalue weighted by Gasteiger charge is -2.18. The lowest BCUT2D eigenvalue weighted by Crippen LogP contribution is -2.30. The molecule has 0 saturated heterocycles. The molecule has 0 aromatic carbocycles. The molecule has 0 amide bonds. The molecule has 0 aromatic rings. The van der Waals surface area contributed by atoms with Crippen molar-refractivity contribution in [3.05, 3.63) is 60.8 Å². The number of allylic oxidation sites excluding steroid dienone is 10. The fraction of sp³-hybridized carbons (Fsp3) is 0.812. The maximum atomic E-state index is 12.9. The van der Waals surface area contributed by atoms with Gasteiger partial charge in [0.15, 0.2) is 6.10 Å². The van der Waals surface area contributed by atoms with E-state index in [4.69, 9.17) is 14.2 Å². The molecular formula is C69H124O6. The van der Waals surface area contributed by atoms with Crippen molar-refractivity contribution in [2.24, 2.45) is 0 Å². The van der Waals surface area contributed by atoms with Crippen LogP contribution >= 0.6 is 0 Å². The molecule has 0 aromatic heterocycles. The highest BCUT2D eigenvalue weighted by Crippen LogP contribution is 2.17. The first-order valence-electron chi connectivity index (χ1n) is 32.8. The van der Waals surface area contributed by atoms with E-state index in [1.165, 1.54) is 218 Å². The molecule has 1 atom stereocenters. The Bertz CT molecular complexity index is 1340. The minimum atomic E-state index is -0.772. The summed E-state index contributed by atoms with van der Waals surface area (Å²) in [5, 5.41) is 0. The van der Waals surface area contributed by atoms with Gasteiger partial charge in [0, 0.05) is 19.3 Å². The summed E-state index contributed by atoms with van der Waals surface area (Å²) in [5.41, 5.74) is 0. The van der Waals surface area contributed by atoms with E-state index in [9.17, 15) is 14.4 Å². The zero-order chi connectivity index (χ0) is 54.3. The molecule has 0 radical (unpaired) electrons. The topological polar surface area (TPSA) is 78.9 Å². The van der Waals surface area contributed by atoms with E-state index in [1.807, 2.05) is 0 Å². The van der Waals surface area contributed by atoms with Crippen LogP contribution in [0.25, 0.3) is 0 Å². The summed E-state index contributed by atoms with van der Waals surface area (Å²) in [6.45, 7) is 6.54. The van der Waals surface area contributed by atoms with Gasteiger partial charge in [-0.25, -0.2) is 0 Å². The Hall–Kier alpha value is -2.89. The Morgan fingerprint density at radius 1 is 0.280 bits per heavy atom. The van der Waals surface area contributed by atoms with Crippen LogP contribution < -0.4 is 0 Å². The van der Waals surface area contributed by atoms with Gasteiger partial charge in [-0.3, -0.25) is 14.4 Å².